The van der Waals surface area contributed by atoms with Crippen molar-refractivity contribution in [2.45, 2.75) is 19.8 Å². The molecule has 5 nitrogen and oxygen atoms in total. The van der Waals surface area contributed by atoms with Gasteiger partial charge in [0, 0.05) is 32.2 Å². The lowest BCUT2D eigenvalue weighted by atomic mass is 10.1. The first kappa shape index (κ1) is 12.1. The average molecular weight is 236 g/mol. The molecule has 0 unspecified atom stereocenters. The Hall–Kier alpha value is -1.36. The van der Waals surface area contributed by atoms with Gasteiger partial charge in [-0.15, -0.1) is 0 Å². The van der Waals surface area contributed by atoms with E-state index in [0.717, 1.165) is 31.9 Å². The van der Waals surface area contributed by atoms with Gasteiger partial charge in [-0.3, -0.25) is 9.78 Å². The minimum Gasteiger partial charge on any atom is -0.340 e. The number of nitrogens with one attached hydrogen (secondary N) is 1. The lowest BCUT2D eigenvalue weighted by Gasteiger charge is -2.32. The highest BCUT2D eigenvalue weighted by Gasteiger charge is 2.17. The molecule has 0 spiro atoms. The van der Waals surface area contributed by atoms with E-state index in [-0.39, 0.29) is 11.5 Å². The summed E-state index contributed by atoms with van der Waals surface area (Å²) in [7, 11) is 2.11. The summed E-state index contributed by atoms with van der Waals surface area (Å²) in [6.07, 6.45) is 0. The van der Waals surface area contributed by atoms with Crippen molar-refractivity contribution in [3.63, 3.8) is 0 Å². The zero-order valence-corrected chi connectivity index (χ0v) is 10.7. The Balaban J connectivity index is 2.23. The van der Waals surface area contributed by atoms with Crippen LogP contribution in [-0.4, -0.2) is 48.1 Å². The topological polar surface area (TPSA) is 52.2 Å². The molecule has 0 aromatic carbocycles. The third kappa shape index (κ3) is 2.85. The molecule has 1 aliphatic heterocycles. The molecular formula is C12H20N4O. The summed E-state index contributed by atoms with van der Waals surface area (Å²) in [6, 6.07) is 1.59. The second-order valence-corrected chi connectivity index (χ2v) is 4.94. The van der Waals surface area contributed by atoms with E-state index in [2.05, 4.69) is 40.7 Å². The molecule has 0 atom stereocenters. The molecular weight excluding hydrogens is 216 g/mol. The largest absolute Gasteiger partial charge is 0.340 e. The first-order valence-electron chi connectivity index (χ1n) is 6.11. The molecule has 2 heterocycles. The van der Waals surface area contributed by atoms with Crippen LogP contribution in [0.2, 0.25) is 0 Å². The van der Waals surface area contributed by atoms with Gasteiger partial charge in [-0.25, -0.2) is 4.98 Å². The van der Waals surface area contributed by atoms with Crippen molar-refractivity contribution in [2.75, 3.05) is 38.1 Å². The molecule has 0 radical (unpaired) electrons. The van der Waals surface area contributed by atoms with Crippen LogP contribution in [0.25, 0.3) is 0 Å². The van der Waals surface area contributed by atoms with Crippen molar-refractivity contribution in [3.05, 3.63) is 22.1 Å². The monoisotopic (exact) mass is 236 g/mol. The highest BCUT2D eigenvalue weighted by atomic mass is 16.1. The molecule has 0 saturated carbocycles. The van der Waals surface area contributed by atoms with E-state index in [9.17, 15) is 4.79 Å². The molecule has 1 N–H and O–H groups in total. The molecule has 0 aliphatic carbocycles. The maximum Gasteiger partial charge on any atom is 0.252 e. The van der Waals surface area contributed by atoms with Crippen LogP contribution < -0.4 is 10.5 Å². The fourth-order valence-corrected chi connectivity index (χ4v) is 1.93. The first-order valence-corrected chi connectivity index (χ1v) is 6.11. The quantitative estimate of drug-likeness (QED) is 0.819. The van der Waals surface area contributed by atoms with Crippen molar-refractivity contribution in [3.8, 4) is 0 Å². The number of aromatic amines is 1. The number of nitrogens with zero attached hydrogens (tertiary/aromatic N) is 3. The van der Waals surface area contributed by atoms with Gasteiger partial charge in [0.1, 0.15) is 0 Å². The Kier molecular flexibility index (Phi) is 3.47. The van der Waals surface area contributed by atoms with Crippen LogP contribution in [0.5, 0.6) is 0 Å². The number of hydrogen-bond acceptors (Lipinski definition) is 4. The van der Waals surface area contributed by atoms with Crippen LogP contribution in [0.4, 0.5) is 5.95 Å². The zero-order chi connectivity index (χ0) is 12.4. The van der Waals surface area contributed by atoms with Crippen molar-refractivity contribution in [1.29, 1.82) is 0 Å². The van der Waals surface area contributed by atoms with E-state index < -0.39 is 0 Å². The Morgan fingerprint density at radius 1 is 1.29 bits per heavy atom. The highest BCUT2D eigenvalue weighted by molar-refractivity contribution is 5.31. The molecule has 1 saturated heterocycles. The van der Waals surface area contributed by atoms with Gasteiger partial charge in [-0.1, -0.05) is 13.8 Å². The number of anilines is 1. The number of H-pyrrole nitrogens is 1. The van der Waals surface area contributed by atoms with Crippen molar-refractivity contribution >= 4 is 5.95 Å². The van der Waals surface area contributed by atoms with Crippen LogP contribution in [-0.2, 0) is 0 Å². The van der Waals surface area contributed by atoms with E-state index >= 15 is 0 Å². The minimum atomic E-state index is -0.0578. The Labute approximate surface area is 101 Å². The van der Waals surface area contributed by atoms with E-state index in [0.29, 0.717) is 5.95 Å². The molecule has 5 heteroatoms. The number of hydrogen-bond donors (Lipinski definition) is 1. The molecule has 1 aromatic heterocycles. The van der Waals surface area contributed by atoms with Crippen LogP contribution in [0.1, 0.15) is 25.5 Å². The molecule has 0 amide bonds. The van der Waals surface area contributed by atoms with Crippen LogP contribution in [0.3, 0.4) is 0 Å². The SMILES string of the molecule is CC(C)c1cc(=O)[nH]c(N2CCN(C)CC2)n1. The van der Waals surface area contributed by atoms with Crippen molar-refractivity contribution in [1.82, 2.24) is 14.9 Å². The zero-order valence-electron chi connectivity index (χ0n) is 10.7. The summed E-state index contributed by atoms with van der Waals surface area (Å²) >= 11 is 0. The third-order valence-corrected chi connectivity index (χ3v) is 3.14. The van der Waals surface area contributed by atoms with Crippen molar-refractivity contribution in [2.24, 2.45) is 0 Å². The number of likely N-dealkylation sites (N-methyl/N-ethyl adjacent to an activating group) is 1. The summed E-state index contributed by atoms with van der Waals surface area (Å²) in [4.78, 5) is 23.4. The van der Waals surface area contributed by atoms with Gasteiger partial charge in [0.05, 0.1) is 5.69 Å². The predicted molar refractivity (Wildman–Crippen MR) is 68.7 cm³/mol. The number of rotatable bonds is 2. The maximum atomic E-state index is 11.6. The van der Waals surface area contributed by atoms with Gasteiger partial charge < -0.3 is 9.80 Å². The first-order chi connectivity index (χ1) is 8.06. The second kappa shape index (κ2) is 4.87. The lowest BCUT2D eigenvalue weighted by molar-refractivity contribution is 0.311. The molecule has 94 valence electrons. The lowest BCUT2D eigenvalue weighted by Crippen LogP contribution is -2.45. The molecule has 17 heavy (non-hydrogen) atoms. The highest BCUT2D eigenvalue weighted by Crippen LogP contribution is 2.14. The normalized spacial score (nSPS) is 17.8. The third-order valence-electron chi connectivity index (χ3n) is 3.14. The number of aromatic nitrogens is 2. The van der Waals surface area contributed by atoms with Gasteiger partial charge in [0.2, 0.25) is 5.95 Å². The summed E-state index contributed by atoms with van der Waals surface area (Å²) in [5.41, 5.74) is 0.806. The van der Waals surface area contributed by atoms with Gasteiger partial charge in [-0.05, 0) is 13.0 Å². The van der Waals surface area contributed by atoms with E-state index in [4.69, 9.17) is 0 Å². The summed E-state index contributed by atoms with van der Waals surface area (Å²) in [5.74, 6) is 0.998. The summed E-state index contributed by atoms with van der Waals surface area (Å²) < 4.78 is 0. The predicted octanol–water partition coefficient (Wildman–Crippen LogP) is 0.645. The van der Waals surface area contributed by atoms with Gasteiger partial charge in [-0.2, -0.15) is 0 Å². The Morgan fingerprint density at radius 2 is 1.94 bits per heavy atom. The van der Waals surface area contributed by atoms with Crippen LogP contribution in [0, 0.1) is 0 Å². The van der Waals surface area contributed by atoms with E-state index in [1.165, 1.54) is 0 Å². The Morgan fingerprint density at radius 3 is 2.53 bits per heavy atom. The van der Waals surface area contributed by atoms with Gasteiger partial charge in [0.25, 0.3) is 5.56 Å². The number of piperazine rings is 1. The fraction of sp³-hybridized carbons (Fsp3) is 0.667. The molecule has 0 bridgehead atoms. The van der Waals surface area contributed by atoms with E-state index in [1.807, 2.05) is 0 Å². The summed E-state index contributed by atoms with van der Waals surface area (Å²) in [5, 5.41) is 0. The fourth-order valence-electron chi connectivity index (χ4n) is 1.93. The Bertz CT molecular complexity index is 432. The van der Waals surface area contributed by atoms with Gasteiger partial charge >= 0.3 is 0 Å². The second-order valence-electron chi connectivity index (χ2n) is 4.94. The van der Waals surface area contributed by atoms with Gasteiger partial charge in [0.15, 0.2) is 0 Å². The molecule has 1 aliphatic rings. The standard InChI is InChI=1S/C12H20N4O/c1-9(2)10-8-11(17)14-12(13-10)16-6-4-15(3)5-7-16/h8-9H,4-7H2,1-3H3,(H,13,14,17). The molecule has 1 fully saturated rings. The van der Waals surface area contributed by atoms with Crippen LogP contribution in [0.15, 0.2) is 10.9 Å². The molecule has 1 aromatic rings. The maximum absolute atomic E-state index is 11.6. The molecule has 2 rings (SSSR count). The van der Waals surface area contributed by atoms with Crippen LogP contribution >= 0.6 is 0 Å². The minimum absolute atomic E-state index is 0.0578. The van der Waals surface area contributed by atoms with E-state index in [1.54, 1.807) is 6.07 Å². The average Bonchev–Trinajstić information content (AvgIpc) is 2.29. The summed E-state index contributed by atoms with van der Waals surface area (Å²) in [6.45, 7) is 7.96. The van der Waals surface area contributed by atoms with Crippen molar-refractivity contribution < 1.29 is 0 Å². The smallest absolute Gasteiger partial charge is 0.252 e.